The highest BCUT2D eigenvalue weighted by atomic mass is 19.4. The van der Waals surface area contributed by atoms with Crippen LogP contribution in [0, 0.1) is 5.92 Å². The molecule has 0 N–H and O–H groups in total. The quantitative estimate of drug-likeness (QED) is 0.698. The highest BCUT2D eigenvalue weighted by molar-refractivity contribution is 6.11. The van der Waals surface area contributed by atoms with Crippen LogP contribution in [0.15, 0.2) is 24.3 Å². The number of hydrogen-bond donors (Lipinski definition) is 0. The van der Waals surface area contributed by atoms with Gasteiger partial charge in [-0.05, 0) is 43.2 Å². The highest BCUT2D eigenvalue weighted by Gasteiger charge is 2.57. The minimum Gasteiger partial charge on any atom is -0.342 e. The lowest BCUT2D eigenvalue weighted by atomic mass is 9.75. The average molecular weight is 422 g/mol. The molecule has 8 heteroatoms. The number of imide groups is 1. The number of alkyl halides is 3. The first kappa shape index (κ1) is 20.9. The number of carbonyl (C=O) groups is 3. The Labute approximate surface area is 173 Å². The summed E-state index contributed by atoms with van der Waals surface area (Å²) in [6, 6.07) is 4.34. The topological polar surface area (TPSA) is 57.7 Å². The van der Waals surface area contributed by atoms with Crippen molar-refractivity contribution >= 4 is 17.7 Å². The molecule has 0 aromatic heterocycles. The molecule has 0 bridgehead atoms. The molecule has 2 unspecified atom stereocenters. The lowest BCUT2D eigenvalue weighted by Gasteiger charge is -2.34. The molecule has 1 aliphatic carbocycles. The van der Waals surface area contributed by atoms with Gasteiger partial charge in [0.1, 0.15) is 0 Å². The predicted octanol–water partition coefficient (Wildman–Crippen LogP) is 3.51. The lowest BCUT2D eigenvalue weighted by molar-refractivity contribution is -0.144. The third-order valence-corrected chi connectivity index (χ3v) is 6.47. The van der Waals surface area contributed by atoms with E-state index >= 15 is 0 Å². The van der Waals surface area contributed by atoms with E-state index in [1.54, 1.807) is 4.90 Å². The molecule has 2 saturated heterocycles. The SMILES string of the molecule is CC1CCCN(C(=O)CC2(c3cccc(C(F)(F)F)c3)CC(=O)N(C3CC3)C2=O)C1. The van der Waals surface area contributed by atoms with Gasteiger partial charge in [0.2, 0.25) is 17.7 Å². The zero-order chi connectivity index (χ0) is 21.7. The van der Waals surface area contributed by atoms with E-state index in [2.05, 4.69) is 0 Å². The smallest absolute Gasteiger partial charge is 0.342 e. The maximum Gasteiger partial charge on any atom is 0.416 e. The van der Waals surface area contributed by atoms with Gasteiger partial charge in [0.05, 0.1) is 11.0 Å². The molecule has 4 rings (SSSR count). The summed E-state index contributed by atoms with van der Waals surface area (Å²) in [6.45, 7) is 3.17. The number of amides is 3. The van der Waals surface area contributed by atoms with Crippen molar-refractivity contribution in [3.8, 4) is 0 Å². The minimum absolute atomic E-state index is 0.0947. The molecule has 1 aromatic rings. The zero-order valence-electron chi connectivity index (χ0n) is 16.9. The maximum atomic E-state index is 13.4. The van der Waals surface area contributed by atoms with Gasteiger partial charge in [-0.15, -0.1) is 0 Å². The van der Waals surface area contributed by atoms with Crippen LogP contribution < -0.4 is 0 Å². The first-order valence-corrected chi connectivity index (χ1v) is 10.4. The van der Waals surface area contributed by atoms with Crippen molar-refractivity contribution in [3.63, 3.8) is 0 Å². The zero-order valence-corrected chi connectivity index (χ0v) is 16.9. The van der Waals surface area contributed by atoms with E-state index in [4.69, 9.17) is 0 Å². The second-order valence-electron chi connectivity index (χ2n) is 8.90. The van der Waals surface area contributed by atoms with Gasteiger partial charge in [-0.2, -0.15) is 13.2 Å². The van der Waals surface area contributed by atoms with Crippen molar-refractivity contribution in [2.45, 2.75) is 63.1 Å². The van der Waals surface area contributed by atoms with Crippen molar-refractivity contribution < 1.29 is 27.6 Å². The predicted molar refractivity (Wildman–Crippen MR) is 102 cm³/mol. The number of nitrogens with zero attached hydrogens (tertiary/aromatic N) is 2. The van der Waals surface area contributed by atoms with E-state index < -0.39 is 29.0 Å². The second kappa shape index (κ2) is 7.39. The van der Waals surface area contributed by atoms with E-state index in [1.165, 1.54) is 17.0 Å². The van der Waals surface area contributed by atoms with Crippen LogP contribution in [0.3, 0.4) is 0 Å². The van der Waals surface area contributed by atoms with Crippen LogP contribution in [0.4, 0.5) is 13.2 Å². The minimum atomic E-state index is -4.58. The number of hydrogen-bond acceptors (Lipinski definition) is 3. The van der Waals surface area contributed by atoms with E-state index in [1.807, 2.05) is 6.92 Å². The third-order valence-electron chi connectivity index (χ3n) is 6.47. The van der Waals surface area contributed by atoms with Gasteiger partial charge in [0.15, 0.2) is 0 Å². The Balaban J connectivity index is 1.72. The Hall–Kier alpha value is -2.38. The summed E-state index contributed by atoms with van der Waals surface area (Å²) < 4.78 is 40.0. The number of likely N-dealkylation sites (tertiary alicyclic amines) is 2. The molecule has 1 saturated carbocycles. The largest absolute Gasteiger partial charge is 0.416 e. The molecule has 0 radical (unpaired) electrons. The van der Waals surface area contributed by atoms with Crippen LogP contribution in [0.1, 0.15) is 56.6 Å². The van der Waals surface area contributed by atoms with Gasteiger partial charge in [-0.25, -0.2) is 0 Å². The number of carbonyl (C=O) groups excluding carboxylic acids is 3. The van der Waals surface area contributed by atoms with Crippen molar-refractivity contribution in [1.82, 2.24) is 9.80 Å². The summed E-state index contributed by atoms with van der Waals surface area (Å²) >= 11 is 0. The van der Waals surface area contributed by atoms with Gasteiger partial charge in [0.25, 0.3) is 0 Å². The summed E-state index contributed by atoms with van der Waals surface area (Å²) in [7, 11) is 0. The standard InChI is InChI=1S/C22H25F3N2O3/c1-14-4-3-9-26(13-14)18(28)11-21(12-19(29)27(20(21)30)17-7-8-17)15-5-2-6-16(10-15)22(23,24)25/h2,5-6,10,14,17H,3-4,7-9,11-13H2,1H3. The van der Waals surface area contributed by atoms with E-state index in [0.29, 0.717) is 31.8 Å². The van der Waals surface area contributed by atoms with Gasteiger partial charge < -0.3 is 4.90 Å². The van der Waals surface area contributed by atoms with E-state index in [-0.39, 0.29) is 30.4 Å². The molecule has 2 heterocycles. The normalized spacial score (nSPS) is 27.7. The van der Waals surface area contributed by atoms with Crippen LogP contribution in [-0.4, -0.2) is 46.7 Å². The second-order valence-corrected chi connectivity index (χ2v) is 8.90. The van der Waals surface area contributed by atoms with E-state index in [9.17, 15) is 27.6 Å². The number of halogens is 3. The Morgan fingerprint density at radius 1 is 1.20 bits per heavy atom. The highest BCUT2D eigenvalue weighted by Crippen LogP contribution is 2.45. The van der Waals surface area contributed by atoms with Crippen LogP contribution in [0.25, 0.3) is 0 Å². The molecule has 2 aliphatic heterocycles. The fourth-order valence-electron chi connectivity index (χ4n) is 4.71. The third kappa shape index (κ3) is 3.72. The Morgan fingerprint density at radius 3 is 2.57 bits per heavy atom. The number of benzene rings is 1. The summed E-state index contributed by atoms with van der Waals surface area (Å²) in [6.07, 6.45) is -1.86. The van der Waals surface area contributed by atoms with Crippen LogP contribution >= 0.6 is 0 Å². The van der Waals surface area contributed by atoms with Gasteiger partial charge in [-0.1, -0.05) is 25.1 Å². The fraction of sp³-hybridized carbons (Fsp3) is 0.591. The maximum absolute atomic E-state index is 13.4. The van der Waals surface area contributed by atoms with Gasteiger partial charge in [0, 0.05) is 32.0 Å². The van der Waals surface area contributed by atoms with Crippen molar-refractivity contribution in [2.24, 2.45) is 5.92 Å². The molecule has 3 fully saturated rings. The molecule has 5 nitrogen and oxygen atoms in total. The first-order chi connectivity index (χ1) is 14.1. The Morgan fingerprint density at radius 2 is 1.93 bits per heavy atom. The molecular weight excluding hydrogens is 397 g/mol. The Bertz CT molecular complexity index is 881. The van der Waals surface area contributed by atoms with Gasteiger partial charge >= 0.3 is 6.18 Å². The summed E-state index contributed by atoms with van der Waals surface area (Å²) in [5, 5.41) is 0. The summed E-state index contributed by atoms with van der Waals surface area (Å²) in [5.41, 5.74) is -2.36. The number of rotatable bonds is 4. The summed E-state index contributed by atoms with van der Waals surface area (Å²) in [4.78, 5) is 42.1. The molecular formula is C22H25F3N2O3. The molecule has 30 heavy (non-hydrogen) atoms. The molecule has 0 spiro atoms. The average Bonchev–Trinajstić information content (AvgIpc) is 3.48. The first-order valence-electron chi connectivity index (χ1n) is 10.4. The van der Waals surface area contributed by atoms with Gasteiger partial charge in [-0.3, -0.25) is 19.3 Å². The molecule has 3 aliphatic rings. The van der Waals surface area contributed by atoms with E-state index in [0.717, 1.165) is 25.0 Å². The summed E-state index contributed by atoms with van der Waals surface area (Å²) in [5.74, 6) is -0.888. The molecule has 162 valence electrons. The molecule has 2 atom stereocenters. The van der Waals surface area contributed by atoms with Crippen molar-refractivity contribution in [2.75, 3.05) is 13.1 Å². The number of piperidine rings is 1. The van der Waals surface area contributed by atoms with Crippen molar-refractivity contribution in [3.05, 3.63) is 35.4 Å². The van der Waals surface area contributed by atoms with Crippen LogP contribution in [-0.2, 0) is 26.0 Å². The van der Waals surface area contributed by atoms with Crippen LogP contribution in [0.5, 0.6) is 0 Å². The van der Waals surface area contributed by atoms with Crippen LogP contribution in [0.2, 0.25) is 0 Å². The molecule has 3 amide bonds. The monoisotopic (exact) mass is 422 g/mol. The fourth-order valence-corrected chi connectivity index (χ4v) is 4.71. The molecule has 1 aromatic carbocycles. The lowest BCUT2D eigenvalue weighted by Crippen LogP contribution is -2.46. The Kier molecular flexibility index (Phi) is 5.14. The van der Waals surface area contributed by atoms with Crippen molar-refractivity contribution in [1.29, 1.82) is 0 Å².